The van der Waals surface area contributed by atoms with Crippen molar-refractivity contribution in [1.82, 2.24) is 25.3 Å². The van der Waals surface area contributed by atoms with Gasteiger partial charge < -0.3 is 5.32 Å². The summed E-state index contributed by atoms with van der Waals surface area (Å²) in [5.41, 5.74) is 2.30. The fraction of sp³-hybridized carbons (Fsp3) is 0.269. The number of nitrogens with zero attached hydrogens (tertiary/aromatic N) is 5. The maximum absolute atomic E-state index is 13.9. The SMILES string of the molecule is CCC(C)(C)NC(=O)C(c1ccncc1)N(C(=O)Cn1nnc2ccccc21)c1ccccc1. The summed E-state index contributed by atoms with van der Waals surface area (Å²) in [7, 11) is 0. The third-order valence-corrected chi connectivity index (χ3v) is 5.88. The van der Waals surface area contributed by atoms with Gasteiger partial charge in [0, 0.05) is 23.6 Å². The van der Waals surface area contributed by atoms with Crippen LogP contribution in [0.25, 0.3) is 11.0 Å². The van der Waals surface area contributed by atoms with Gasteiger partial charge in [-0.25, -0.2) is 4.68 Å². The molecule has 34 heavy (non-hydrogen) atoms. The van der Waals surface area contributed by atoms with E-state index in [1.807, 2.05) is 75.4 Å². The number of hydrogen-bond acceptors (Lipinski definition) is 5. The number of pyridine rings is 1. The molecule has 2 heterocycles. The second kappa shape index (κ2) is 9.82. The summed E-state index contributed by atoms with van der Waals surface area (Å²) in [4.78, 5) is 33.2. The number of rotatable bonds is 8. The largest absolute Gasteiger partial charge is 0.349 e. The van der Waals surface area contributed by atoms with Crippen molar-refractivity contribution in [3.63, 3.8) is 0 Å². The molecule has 0 fully saturated rings. The zero-order valence-corrected chi connectivity index (χ0v) is 19.5. The molecule has 0 aliphatic carbocycles. The highest BCUT2D eigenvalue weighted by Crippen LogP contribution is 2.29. The fourth-order valence-electron chi connectivity index (χ4n) is 3.72. The van der Waals surface area contributed by atoms with E-state index in [0.29, 0.717) is 16.8 Å². The molecule has 0 spiro atoms. The molecular weight excluding hydrogens is 428 g/mol. The van der Waals surface area contributed by atoms with Crippen LogP contribution in [0, 0.1) is 0 Å². The number of benzene rings is 2. The Balaban J connectivity index is 1.78. The average Bonchev–Trinajstić information content (AvgIpc) is 3.25. The first-order valence-corrected chi connectivity index (χ1v) is 11.3. The topological polar surface area (TPSA) is 93.0 Å². The summed E-state index contributed by atoms with van der Waals surface area (Å²) in [6, 6.07) is 19.3. The number of aromatic nitrogens is 4. The van der Waals surface area contributed by atoms with Crippen molar-refractivity contribution in [2.24, 2.45) is 0 Å². The van der Waals surface area contributed by atoms with Gasteiger partial charge in [-0.1, -0.05) is 42.5 Å². The van der Waals surface area contributed by atoms with Crippen LogP contribution in [0.3, 0.4) is 0 Å². The van der Waals surface area contributed by atoms with Crippen molar-refractivity contribution in [2.75, 3.05) is 4.90 Å². The summed E-state index contributed by atoms with van der Waals surface area (Å²) >= 11 is 0. The second-order valence-electron chi connectivity index (χ2n) is 8.74. The highest BCUT2D eigenvalue weighted by Gasteiger charge is 2.35. The molecule has 174 valence electrons. The summed E-state index contributed by atoms with van der Waals surface area (Å²) in [6.45, 7) is 5.87. The van der Waals surface area contributed by atoms with E-state index < -0.39 is 11.6 Å². The van der Waals surface area contributed by atoms with Crippen LogP contribution in [0.1, 0.15) is 38.8 Å². The predicted octanol–water partition coefficient (Wildman–Crippen LogP) is 3.91. The predicted molar refractivity (Wildman–Crippen MR) is 131 cm³/mol. The summed E-state index contributed by atoms with van der Waals surface area (Å²) in [5, 5.41) is 11.4. The Labute approximate surface area is 198 Å². The summed E-state index contributed by atoms with van der Waals surface area (Å²) < 4.78 is 1.56. The number of anilines is 1. The first-order valence-electron chi connectivity index (χ1n) is 11.3. The molecule has 0 saturated carbocycles. The Bertz CT molecular complexity index is 1270. The lowest BCUT2D eigenvalue weighted by Gasteiger charge is -2.34. The number of hydrogen-bond donors (Lipinski definition) is 1. The lowest BCUT2D eigenvalue weighted by atomic mass is 9.98. The van der Waals surface area contributed by atoms with Crippen molar-refractivity contribution >= 4 is 28.5 Å². The van der Waals surface area contributed by atoms with Crippen LogP contribution in [0.15, 0.2) is 79.1 Å². The minimum absolute atomic E-state index is 0.0680. The third kappa shape index (κ3) is 4.96. The van der Waals surface area contributed by atoms with Crippen LogP contribution in [0.5, 0.6) is 0 Å². The van der Waals surface area contributed by atoms with Crippen LogP contribution in [0.2, 0.25) is 0 Å². The van der Waals surface area contributed by atoms with Crippen LogP contribution in [-0.4, -0.2) is 37.3 Å². The Morgan fingerprint density at radius 3 is 2.38 bits per heavy atom. The standard InChI is InChI=1S/C26H28N6O2/c1-4-26(2,3)28-25(34)24(19-14-16-27-17-15-19)32(20-10-6-5-7-11-20)23(33)18-31-22-13-9-8-12-21(22)29-30-31/h5-17,24H,4,18H2,1-3H3,(H,28,34). The zero-order valence-electron chi connectivity index (χ0n) is 19.5. The maximum atomic E-state index is 13.9. The van der Waals surface area contributed by atoms with Crippen molar-refractivity contribution in [2.45, 2.75) is 45.3 Å². The quantitative estimate of drug-likeness (QED) is 0.434. The molecule has 0 radical (unpaired) electrons. The monoisotopic (exact) mass is 456 g/mol. The molecule has 0 aliphatic heterocycles. The number of para-hydroxylation sites is 2. The Kier molecular flexibility index (Phi) is 6.67. The average molecular weight is 457 g/mol. The van der Waals surface area contributed by atoms with Gasteiger partial charge in [0.15, 0.2) is 0 Å². The van der Waals surface area contributed by atoms with E-state index in [2.05, 4.69) is 20.6 Å². The first-order chi connectivity index (χ1) is 16.4. The molecule has 0 bridgehead atoms. The van der Waals surface area contributed by atoms with Gasteiger partial charge in [0.25, 0.3) is 0 Å². The maximum Gasteiger partial charge on any atom is 0.249 e. The van der Waals surface area contributed by atoms with Gasteiger partial charge in [0.2, 0.25) is 11.8 Å². The van der Waals surface area contributed by atoms with Crippen LogP contribution in [-0.2, 0) is 16.1 Å². The van der Waals surface area contributed by atoms with Gasteiger partial charge >= 0.3 is 0 Å². The normalized spacial score (nSPS) is 12.3. The van der Waals surface area contributed by atoms with E-state index in [0.717, 1.165) is 11.9 Å². The number of amides is 2. The molecule has 4 rings (SSSR count). The molecule has 4 aromatic rings. The van der Waals surface area contributed by atoms with Gasteiger partial charge in [0.1, 0.15) is 18.1 Å². The van der Waals surface area contributed by atoms with Crippen molar-refractivity contribution in [1.29, 1.82) is 0 Å². The van der Waals surface area contributed by atoms with Gasteiger partial charge in [0.05, 0.1) is 5.52 Å². The molecule has 2 aromatic heterocycles. The number of carbonyl (C=O) groups is 2. The van der Waals surface area contributed by atoms with Gasteiger partial charge in [-0.3, -0.25) is 19.5 Å². The molecule has 0 saturated heterocycles. The third-order valence-electron chi connectivity index (χ3n) is 5.88. The summed E-state index contributed by atoms with van der Waals surface area (Å²) in [5.74, 6) is -0.549. The van der Waals surface area contributed by atoms with Crippen molar-refractivity contribution < 1.29 is 9.59 Å². The number of nitrogens with one attached hydrogen (secondary N) is 1. The smallest absolute Gasteiger partial charge is 0.249 e. The van der Waals surface area contributed by atoms with E-state index in [1.54, 1.807) is 29.2 Å². The molecule has 2 amide bonds. The lowest BCUT2D eigenvalue weighted by molar-refractivity contribution is -0.128. The highest BCUT2D eigenvalue weighted by atomic mass is 16.2. The van der Waals surface area contributed by atoms with Crippen molar-refractivity contribution in [3.05, 3.63) is 84.7 Å². The molecule has 0 aliphatic rings. The first kappa shape index (κ1) is 23.1. The van der Waals surface area contributed by atoms with Gasteiger partial charge in [-0.2, -0.15) is 0 Å². The molecule has 2 aromatic carbocycles. The van der Waals surface area contributed by atoms with Gasteiger partial charge in [-0.05, 0) is 62.2 Å². The Morgan fingerprint density at radius 1 is 1.00 bits per heavy atom. The van der Waals surface area contributed by atoms with Gasteiger partial charge in [-0.15, -0.1) is 5.10 Å². The Morgan fingerprint density at radius 2 is 1.68 bits per heavy atom. The zero-order chi connectivity index (χ0) is 24.1. The van der Waals surface area contributed by atoms with E-state index in [-0.39, 0.29) is 18.4 Å². The molecule has 8 nitrogen and oxygen atoms in total. The van der Waals surface area contributed by atoms with E-state index in [4.69, 9.17) is 0 Å². The molecule has 1 unspecified atom stereocenters. The van der Waals surface area contributed by atoms with E-state index in [9.17, 15) is 9.59 Å². The van der Waals surface area contributed by atoms with Crippen LogP contribution in [0.4, 0.5) is 5.69 Å². The van der Waals surface area contributed by atoms with E-state index >= 15 is 0 Å². The van der Waals surface area contributed by atoms with Crippen LogP contribution < -0.4 is 10.2 Å². The highest BCUT2D eigenvalue weighted by molar-refractivity contribution is 6.01. The number of carbonyl (C=O) groups excluding carboxylic acids is 2. The minimum Gasteiger partial charge on any atom is -0.349 e. The second-order valence-corrected chi connectivity index (χ2v) is 8.74. The lowest BCUT2D eigenvalue weighted by Crippen LogP contribution is -2.51. The van der Waals surface area contributed by atoms with Crippen LogP contribution >= 0.6 is 0 Å². The van der Waals surface area contributed by atoms with Crippen molar-refractivity contribution in [3.8, 4) is 0 Å². The minimum atomic E-state index is -0.890. The molecule has 1 N–H and O–H groups in total. The number of fused-ring (bicyclic) bond motifs is 1. The fourth-order valence-corrected chi connectivity index (χ4v) is 3.72. The molecular formula is C26H28N6O2. The Hall–Kier alpha value is -4.07. The van der Waals surface area contributed by atoms with E-state index in [1.165, 1.54) is 4.90 Å². The molecule has 8 heteroatoms. The summed E-state index contributed by atoms with van der Waals surface area (Å²) in [6.07, 6.45) is 3.99. The molecule has 1 atom stereocenters.